The first-order valence-electron chi connectivity index (χ1n) is 7.62. The molecule has 1 N–H and O–H groups in total. The SMILES string of the molecule is N#CC1(CO)CC12CCN(C(=O)OCc1ccccc1)CC2. The van der Waals surface area contributed by atoms with Gasteiger partial charge in [0.15, 0.2) is 0 Å². The Hall–Kier alpha value is -2.06. The number of hydrogen-bond donors (Lipinski definition) is 1. The molecule has 1 aromatic carbocycles. The van der Waals surface area contributed by atoms with Gasteiger partial charge in [-0.2, -0.15) is 5.26 Å². The molecule has 0 aromatic heterocycles. The number of hydrogen-bond acceptors (Lipinski definition) is 4. The molecule has 1 saturated heterocycles. The molecule has 5 heteroatoms. The van der Waals surface area contributed by atoms with E-state index in [4.69, 9.17) is 4.74 Å². The lowest BCUT2D eigenvalue weighted by Crippen LogP contribution is -2.41. The topological polar surface area (TPSA) is 73.6 Å². The third kappa shape index (κ3) is 2.44. The average molecular weight is 300 g/mol. The molecule has 1 unspecified atom stereocenters. The predicted octanol–water partition coefficient (Wildman–Crippen LogP) is 2.31. The number of likely N-dealkylation sites (tertiary alicyclic amines) is 1. The number of amides is 1. The Bertz CT molecular complexity index is 588. The standard InChI is InChI=1S/C17H20N2O3/c18-12-17(13-20)11-16(17)6-8-19(9-7-16)15(21)22-10-14-4-2-1-3-5-14/h1-5,20H,6-11,13H2. The predicted molar refractivity (Wildman–Crippen MR) is 79.6 cm³/mol. The van der Waals surface area contributed by atoms with Crippen LogP contribution in [0.4, 0.5) is 4.79 Å². The van der Waals surface area contributed by atoms with E-state index in [9.17, 15) is 15.2 Å². The van der Waals surface area contributed by atoms with E-state index in [0.29, 0.717) is 13.1 Å². The van der Waals surface area contributed by atoms with Crippen LogP contribution in [-0.4, -0.2) is 35.8 Å². The van der Waals surface area contributed by atoms with E-state index in [-0.39, 0.29) is 24.7 Å². The van der Waals surface area contributed by atoms with E-state index in [0.717, 1.165) is 24.8 Å². The first-order valence-corrected chi connectivity index (χ1v) is 7.62. The first kappa shape index (κ1) is 14.9. The summed E-state index contributed by atoms with van der Waals surface area (Å²) >= 11 is 0. The molecule has 1 amide bonds. The molecule has 22 heavy (non-hydrogen) atoms. The minimum absolute atomic E-state index is 0.0814. The summed E-state index contributed by atoms with van der Waals surface area (Å²) in [6, 6.07) is 11.9. The molecule has 1 aromatic rings. The highest BCUT2D eigenvalue weighted by atomic mass is 16.6. The molecule has 1 atom stereocenters. The third-order valence-corrected chi connectivity index (χ3v) is 5.20. The Morgan fingerprint density at radius 3 is 2.55 bits per heavy atom. The number of rotatable bonds is 3. The van der Waals surface area contributed by atoms with Crippen LogP contribution < -0.4 is 0 Å². The second-order valence-corrected chi connectivity index (χ2v) is 6.34. The zero-order valence-corrected chi connectivity index (χ0v) is 12.5. The second kappa shape index (κ2) is 5.62. The minimum atomic E-state index is -0.576. The van der Waals surface area contributed by atoms with Crippen LogP contribution in [-0.2, 0) is 11.3 Å². The van der Waals surface area contributed by atoms with Gasteiger partial charge in [-0.1, -0.05) is 30.3 Å². The Balaban J connectivity index is 1.50. The van der Waals surface area contributed by atoms with Gasteiger partial charge >= 0.3 is 6.09 Å². The van der Waals surface area contributed by atoms with E-state index in [1.54, 1.807) is 4.90 Å². The molecule has 116 valence electrons. The zero-order valence-electron chi connectivity index (χ0n) is 12.5. The van der Waals surface area contributed by atoms with Gasteiger partial charge in [-0.3, -0.25) is 0 Å². The first-order chi connectivity index (χ1) is 10.6. The van der Waals surface area contributed by atoms with Crippen molar-refractivity contribution >= 4 is 6.09 Å². The van der Waals surface area contributed by atoms with Crippen molar-refractivity contribution < 1.29 is 14.6 Å². The van der Waals surface area contributed by atoms with Gasteiger partial charge in [-0.05, 0) is 30.2 Å². The third-order valence-electron chi connectivity index (χ3n) is 5.20. The molecular weight excluding hydrogens is 280 g/mol. The van der Waals surface area contributed by atoms with Crippen LogP contribution in [0.3, 0.4) is 0 Å². The van der Waals surface area contributed by atoms with Crippen molar-refractivity contribution in [1.29, 1.82) is 5.26 Å². The van der Waals surface area contributed by atoms with Crippen LogP contribution in [0, 0.1) is 22.2 Å². The van der Waals surface area contributed by atoms with Crippen molar-refractivity contribution in [3.63, 3.8) is 0 Å². The smallest absolute Gasteiger partial charge is 0.410 e. The van der Waals surface area contributed by atoms with Crippen LogP contribution in [0.15, 0.2) is 30.3 Å². The van der Waals surface area contributed by atoms with Gasteiger partial charge in [0.25, 0.3) is 0 Å². The number of piperidine rings is 1. The van der Waals surface area contributed by atoms with Crippen molar-refractivity contribution in [2.75, 3.05) is 19.7 Å². The van der Waals surface area contributed by atoms with Crippen LogP contribution >= 0.6 is 0 Å². The number of carbonyl (C=O) groups excluding carboxylic acids is 1. The number of aliphatic hydroxyl groups is 1. The van der Waals surface area contributed by atoms with E-state index < -0.39 is 5.41 Å². The second-order valence-electron chi connectivity index (χ2n) is 6.34. The summed E-state index contributed by atoms with van der Waals surface area (Å²) in [7, 11) is 0. The van der Waals surface area contributed by atoms with Crippen molar-refractivity contribution in [2.45, 2.75) is 25.9 Å². The average Bonchev–Trinajstić information content (AvgIpc) is 3.21. The summed E-state index contributed by atoms with van der Waals surface area (Å²) in [6.45, 7) is 1.39. The highest BCUT2D eigenvalue weighted by molar-refractivity contribution is 5.67. The monoisotopic (exact) mass is 300 g/mol. The van der Waals surface area contributed by atoms with E-state index in [1.807, 2.05) is 30.3 Å². The fraction of sp³-hybridized carbons (Fsp3) is 0.529. The van der Waals surface area contributed by atoms with Crippen LogP contribution in [0.25, 0.3) is 0 Å². The van der Waals surface area contributed by atoms with Crippen molar-refractivity contribution in [3.05, 3.63) is 35.9 Å². The molecule has 0 radical (unpaired) electrons. The lowest BCUT2D eigenvalue weighted by atomic mass is 9.85. The Morgan fingerprint density at radius 2 is 2.00 bits per heavy atom. The van der Waals surface area contributed by atoms with Crippen molar-refractivity contribution in [2.24, 2.45) is 10.8 Å². The van der Waals surface area contributed by atoms with Gasteiger partial charge in [0.05, 0.1) is 18.1 Å². The van der Waals surface area contributed by atoms with E-state index >= 15 is 0 Å². The molecule has 1 aliphatic heterocycles. The number of nitriles is 1. The molecular formula is C17H20N2O3. The van der Waals surface area contributed by atoms with Crippen molar-refractivity contribution in [1.82, 2.24) is 4.90 Å². The van der Waals surface area contributed by atoms with Crippen LogP contribution in [0.1, 0.15) is 24.8 Å². The molecule has 1 spiro atoms. The summed E-state index contributed by atoms with van der Waals surface area (Å²) in [5.74, 6) is 0. The van der Waals surface area contributed by atoms with Crippen LogP contribution in [0.5, 0.6) is 0 Å². The summed E-state index contributed by atoms with van der Waals surface area (Å²) in [5, 5.41) is 18.7. The Labute approximate surface area is 130 Å². The van der Waals surface area contributed by atoms with Gasteiger partial charge in [-0.25, -0.2) is 4.79 Å². The molecule has 1 aliphatic carbocycles. The summed E-state index contributed by atoms with van der Waals surface area (Å²) in [5.41, 5.74) is 0.301. The van der Waals surface area contributed by atoms with Crippen molar-refractivity contribution in [3.8, 4) is 6.07 Å². The van der Waals surface area contributed by atoms with Gasteiger partial charge in [0, 0.05) is 13.1 Å². The lowest BCUT2D eigenvalue weighted by molar-refractivity contribution is 0.0725. The molecule has 2 fully saturated rings. The Kier molecular flexibility index (Phi) is 3.79. The van der Waals surface area contributed by atoms with Crippen LogP contribution in [0.2, 0.25) is 0 Å². The number of ether oxygens (including phenoxy) is 1. The maximum atomic E-state index is 12.1. The number of carbonyl (C=O) groups is 1. The summed E-state index contributed by atoms with van der Waals surface area (Å²) in [6.07, 6.45) is 1.98. The highest BCUT2D eigenvalue weighted by Crippen LogP contribution is 2.68. The molecule has 1 saturated carbocycles. The fourth-order valence-electron chi connectivity index (χ4n) is 3.53. The quantitative estimate of drug-likeness (QED) is 0.929. The molecule has 5 nitrogen and oxygen atoms in total. The normalized spacial score (nSPS) is 25.5. The van der Waals surface area contributed by atoms with Gasteiger partial charge in [0.2, 0.25) is 0 Å². The molecule has 1 heterocycles. The number of nitrogens with zero attached hydrogens (tertiary/aromatic N) is 2. The maximum absolute atomic E-state index is 12.1. The largest absolute Gasteiger partial charge is 0.445 e. The molecule has 0 bridgehead atoms. The van der Waals surface area contributed by atoms with E-state index in [2.05, 4.69) is 6.07 Å². The van der Waals surface area contributed by atoms with Gasteiger partial charge in [0.1, 0.15) is 6.61 Å². The van der Waals surface area contributed by atoms with Gasteiger partial charge in [-0.15, -0.1) is 0 Å². The lowest BCUT2D eigenvalue weighted by Gasteiger charge is -2.33. The summed E-state index contributed by atoms with van der Waals surface area (Å²) < 4.78 is 5.33. The molecule has 2 aliphatic rings. The summed E-state index contributed by atoms with van der Waals surface area (Å²) in [4.78, 5) is 13.8. The zero-order chi connectivity index (χ0) is 15.6. The van der Waals surface area contributed by atoms with Gasteiger partial charge < -0.3 is 14.7 Å². The minimum Gasteiger partial charge on any atom is -0.445 e. The maximum Gasteiger partial charge on any atom is 0.410 e. The van der Waals surface area contributed by atoms with E-state index in [1.165, 1.54) is 0 Å². The number of benzene rings is 1. The Morgan fingerprint density at radius 1 is 1.32 bits per heavy atom. The fourth-order valence-corrected chi connectivity index (χ4v) is 3.53. The molecule has 3 rings (SSSR count). The number of aliphatic hydroxyl groups excluding tert-OH is 1. The highest BCUT2D eigenvalue weighted by Gasteiger charge is 2.68.